The standard InChI is InChI=1S/C17H19N3/c1-15-12-19(13-16-8-4-2-5-9-16)18-20(15)14-17-10-6-3-7-11-17/h2-12,18H,13-14H2,1H3. The van der Waals surface area contributed by atoms with Crippen LogP contribution in [0.5, 0.6) is 0 Å². The van der Waals surface area contributed by atoms with Gasteiger partial charge in [0, 0.05) is 11.9 Å². The van der Waals surface area contributed by atoms with Gasteiger partial charge < -0.3 is 0 Å². The molecule has 1 aliphatic heterocycles. The summed E-state index contributed by atoms with van der Waals surface area (Å²) < 4.78 is 0. The minimum atomic E-state index is 0.865. The minimum Gasteiger partial charge on any atom is -0.292 e. The minimum absolute atomic E-state index is 0.865. The molecule has 0 saturated carbocycles. The molecule has 0 amide bonds. The molecule has 0 aliphatic carbocycles. The van der Waals surface area contributed by atoms with Gasteiger partial charge in [0.15, 0.2) is 0 Å². The second-order valence-electron chi connectivity index (χ2n) is 5.06. The maximum absolute atomic E-state index is 3.41. The van der Waals surface area contributed by atoms with Crippen LogP contribution in [-0.4, -0.2) is 10.0 Å². The lowest BCUT2D eigenvalue weighted by Gasteiger charge is -2.24. The summed E-state index contributed by atoms with van der Waals surface area (Å²) in [5.74, 6) is 0. The van der Waals surface area contributed by atoms with Crippen molar-refractivity contribution in [2.45, 2.75) is 20.0 Å². The average molecular weight is 265 g/mol. The summed E-state index contributed by atoms with van der Waals surface area (Å²) in [6, 6.07) is 21.0. The van der Waals surface area contributed by atoms with Gasteiger partial charge in [-0.25, -0.2) is 0 Å². The highest BCUT2D eigenvalue weighted by Crippen LogP contribution is 2.16. The second-order valence-corrected chi connectivity index (χ2v) is 5.06. The molecule has 0 radical (unpaired) electrons. The molecule has 1 aliphatic rings. The zero-order valence-corrected chi connectivity index (χ0v) is 11.7. The van der Waals surface area contributed by atoms with E-state index in [0.29, 0.717) is 0 Å². The van der Waals surface area contributed by atoms with E-state index in [1.54, 1.807) is 0 Å². The third kappa shape index (κ3) is 3.00. The Labute approximate surface area is 120 Å². The predicted molar refractivity (Wildman–Crippen MR) is 80.9 cm³/mol. The molecule has 0 saturated heterocycles. The van der Waals surface area contributed by atoms with Crippen molar-refractivity contribution in [1.29, 1.82) is 0 Å². The maximum Gasteiger partial charge on any atom is 0.0609 e. The molecular weight excluding hydrogens is 246 g/mol. The monoisotopic (exact) mass is 265 g/mol. The Morgan fingerprint density at radius 2 is 1.35 bits per heavy atom. The summed E-state index contributed by atoms with van der Waals surface area (Å²) >= 11 is 0. The quantitative estimate of drug-likeness (QED) is 0.915. The summed E-state index contributed by atoms with van der Waals surface area (Å²) in [6.07, 6.45) is 2.15. The number of rotatable bonds is 4. The highest BCUT2D eigenvalue weighted by Gasteiger charge is 2.17. The summed E-state index contributed by atoms with van der Waals surface area (Å²) in [5, 5.41) is 4.28. The van der Waals surface area contributed by atoms with Gasteiger partial charge in [0.05, 0.1) is 13.1 Å². The van der Waals surface area contributed by atoms with Gasteiger partial charge >= 0.3 is 0 Å². The van der Waals surface area contributed by atoms with E-state index < -0.39 is 0 Å². The molecule has 0 atom stereocenters. The molecule has 0 spiro atoms. The molecule has 0 aromatic heterocycles. The Kier molecular flexibility index (Phi) is 3.70. The van der Waals surface area contributed by atoms with E-state index in [0.717, 1.165) is 13.1 Å². The summed E-state index contributed by atoms with van der Waals surface area (Å²) in [7, 11) is 0. The largest absolute Gasteiger partial charge is 0.292 e. The maximum atomic E-state index is 3.41. The van der Waals surface area contributed by atoms with Crippen LogP contribution in [0.1, 0.15) is 18.1 Å². The number of nitrogens with one attached hydrogen (secondary N) is 1. The molecule has 20 heavy (non-hydrogen) atoms. The van der Waals surface area contributed by atoms with Gasteiger partial charge in [-0.2, -0.15) is 0 Å². The summed E-state index contributed by atoms with van der Waals surface area (Å²) in [4.78, 5) is 0. The Balaban J connectivity index is 1.62. The van der Waals surface area contributed by atoms with Gasteiger partial charge in [0.25, 0.3) is 0 Å². The molecular formula is C17H19N3. The summed E-state index contributed by atoms with van der Waals surface area (Å²) in [6.45, 7) is 3.86. The first-order valence-corrected chi connectivity index (χ1v) is 6.88. The van der Waals surface area contributed by atoms with E-state index in [2.05, 4.69) is 77.2 Å². The van der Waals surface area contributed by atoms with Crippen molar-refractivity contribution >= 4 is 0 Å². The van der Waals surface area contributed by atoms with Crippen LogP contribution in [0.25, 0.3) is 0 Å². The van der Waals surface area contributed by atoms with Gasteiger partial charge in [0.2, 0.25) is 0 Å². The fourth-order valence-corrected chi connectivity index (χ4v) is 2.35. The molecule has 2 aromatic rings. The zero-order valence-electron chi connectivity index (χ0n) is 11.7. The first-order valence-electron chi connectivity index (χ1n) is 6.88. The summed E-state index contributed by atoms with van der Waals surface area (Å²) in [5.41, 5.74) is 7.24. The topological polar surface area (TPSA) is 18.5 Å². The third-order valence-corrected chi connectivity index (χ3v) is 3.40. The zero-order chi connectivity index (χ0) is 13.8. The van der Waals surface area contributed by atoms with Crippen LogP contribution in [-0.2, 0) is 13.1 Å². The van der Waals surface area contributed by atoms with Crippen LogP contribution in [0.3, 0.4) is 0 Å². The molecule has 1 N–H and O–H groups in total. The predicted octanol–water partition coefficient (Wildman–Crippen LogP) is 3.29. The van der Waals surface area contributed by atoms with Crippen molar-refractivity contribution in [1.82, 2.24) is 15.6 Å². The highest BCUT2D eigenvalue weighted by atomic mass is 15.8. The molecule has 1 heterocycles. The lowest BCUT2D eigenvalue weighted by molar-refractivity contribution is 0.117. The Hall–Kier alpha value is -2.26. The Morgan fingerprint density at radius 1 is 0.800 bits per heavy atom. The van der Waals surface area contributed by atoms with Crippen LogP contribution in [0, 0.1) is 0 Å². The van der Waals surface area contributed by atoms with Crippen molar-refractivity contribution < 1.29 is 0 Å². The lowest BCUT2D eigenvalue weighted by Crippen LogP contribution is -2.39. The van der Waals surface area contributed by atoms with E-state index in [9.17, 15) is 0 Å². The van der Waals surface area contributed by atoms with Crippen LogP contribution >= 0.6 is 0 Å². The molecule has 3 rings (SSSR count). The van der Waals surface area contributed by atoms with Crippen molar-refractivity contribution in [3.05, 3.63) is 83.7 Å². The van der Waals surface area contributed by atoms with Crippen LogP contribution in [0.2, 0.25) is 0 Å². The van der Waals surface area contributed by atoms with Crippen LogP contribution in [0.4, 0.5) is 0 Å². The van der Waals surface area contributed by atoms with Gasteiger partial charge in [-0.05, 0) is 18.1 Å². The van der Waals surface area contributed by atoms with E-state index in [1.165, 1.54) is 16.8 Å². The van der Waals surface area contributed by atoms with Crippen LogP contribution < -0.4 is 5.53 Å². The molecule has 0 fully saturated rings. The number of allylic oxidation sites excluding steroid dienone is 1. The first-order chi connectivity index (χ1) is 9.81. The van der Waals surface area contributed by atoms with E-state index in [1.807, 2.05) is 12.1 Å². The molecule has 0 unspecified atom stereocenters. The molecule has 102 valence electrons. The van der Waals surface area contributed by atoms with Crippen LogP contribution in [0.15, 0.2) is 72.6 Å². The molecule has 2 aromatic carbocycles. The molecule has 0 bridgehead atoms. The number of benzene rings is 2. The number of hydrazine groups is 2. The third-order valence-electron chi connectivity index (χ3n) is 3.40. The van der Waals surface area contributed by atoms with Gasteiger partial charge in [-0.1, -0.05) is 60.7 Å². The average Bonchev–Trinajstić information content (AvgIpc) is 2.81. The van der Waals surface area contributed by atoms with Gasteiger partial charge in [-0.3, -0.25) is 10.0 Å². The Morgan fingerprint density at radius 3 is 1.95 bits per heavy atom. The first kappa shape index (κ1) is 12.8. The number of hydrogen-bond donors (Lipinski definition) is 1. The fraction of sp³-hybridized carbons (Fsp3) is 0.176. The smallest absolute Gasteiger partial charge is 0.0609 e. The van der Waals surface area contributed by atoms with Gasteiger partial charge in [-0.15, -0.1) is 5.53 Å². The lowest BCUT2D eigenvalue weighted by atomic mass is 10.2. The van der Waals surface area contributed by atoms with E-state index in [-0.39, 0.29) is 0 Å². The SMILES string of the molecule is CC1=CN(Cc2ccccc2)NN1Cc1ccccc1. The normalized spacial score (nSPS) is 14.6. The second kappa shape index (κ2) is 5.80. The van der Waals surface area contributed by atoms with E-state index in [4.69, 9.17) is 0 Å². The number of hydrogen-bond acceptors (Lipinski definition) is 3. The van der Waals surface area contributed by atoms with Gasteiger partial charge in [0.1, 0.15) is 0 Å². The van der Waals surface area contributed by atoms with Crippen molar-refractivity contribution in [3.8, 4) is 0 Å². The fourth-order valence-electron chi connectivity index (χ4n) is 2.35. The van der Waals surface area contributed by atoms with E-state index >= 15 is 0 Å². The van der Waals surface area contributed by atoms with Crippen molar-refractivity contribution in [2.24, 2.45) is 0 Å². The van der Waals surface area contributed by atoms with Crippen molar-refractivity contribution in [2.75, 3.05) is 0 Å². The van der Waals surface area contributed by atoms with Crippen molar-refractivity contribution in [3.63, 3.8) is 0 Å². The highest BCUT2D eigenvalue weighted by molar-refractivity contribution is 5.17. The molecule has 3 heteroatoms. The number of nitrogens with zero attached hydrogens (tertiary/aromatic N) is 2. The Bertz CT molecular complexity index is 578. The molecule has 3 nitrogen and oxygen atoms in total.